The fourth-order valence-corrected chi connectivity index (χ4v) is 3.36. The Morgan fingerprint density at radius 2 is 1.88 bits per heavy atom. The molecule has 0 heterocycles. The third-order valence-corrected chi connectivity index (χ3v) is 4.81. The van der Waals surface area contributed by atoms with Gasteiger partial charge in [0, 0.05) is 18.7 Å². The van der Waals surface area contributed by atoms with Crippen LogP contribution >= 0.6 is 0 Å². The lowest BCUT2D eigenvalue weighted by atomic mass is 9.86. The number of nitrogens with one attached hydrogen (secondary N) is 2. The summed E-state index contributed by atoms with van der Waals surface area (Å²) >= 11 is 0. The average Bonchev–Trinajstić information content (AvgIpc) is 2.64. The zero-order valence-corrected chi connectivity index (χ0v) is 15.4. The first kappa shape index (κ1) is 19.3. The van der Waals surface area contributed by atoms with Crippen LogP contribution in [0.1, 0.15) is 67.8 Å². The van der Waals surface area contributed by atoms with Gasteiger partial charge in [0.25, 0.3) is 0 Å². The van der Waals surface area contributed by atoms with E-state index in [2.05, 4.69) is 22.5 Å². The van der Waals surface area contributed by atoms with E-state index in [1.165, 1.54) is 44.9 Å². The van der Waals surface area contributed by atoms with Gasteiger partial charge in [0.1, 0.15) is 0 Å². The zero-order valence-electron chi connectivity index (χ0n) is 15.4. The van der Waals surface area contributed by atoms with Crippen molar-refractivity contribution in [2.75, 3.05) is 13.1 Å². The van der Waals surface area contributed by atoms with Crippen molar-refractivity contribution >= 4 is 11.9 Å². The van der Waals surface area contributed by atoms with Crippen LogP contribution in [0.3, 0.4) is 0 Å². The van der Waals surface area contributed by atoms with Crippen molar-refractivity contribution < 1.29 is 4.79 Å². The van der Waals surface area contributed by atoms with E-state index in [1.807, 2.05) is 12.1 Å². The molecule has 0 radical (unpaired) electrons. The third-order valence-electron chi connectivity index (χ3n) is 4.81. The summed E-state index contributed by atoms with van der Waals surface area (Å²) in [5, 5.41) is 6.71. The number of nitrogens with two attached hydrogens (primary N) is 1. The Kier molecular flexibility index (Phi) is 8.29. The topological polar surface area (TPSA) is 79.5 Å². The van der Waals surface area contributed by atoms with E-state index in [4.69, 9.17) is 5.73 Å². The van der Waals surface area contributed by atoms with Gasteiger partial charge in [-0.25, -0.2) is 4.99 Å². The van der Waals surface area contributed by atoms with E-state index >= 15 is 0 Å². The molecule has 25 heavy (non-hydrogen) atoms. The molecule has 1 aromatic carbocycles. The van der Waals surface area contributed by atoms with Gasteiger partial charge in [-0.3, -0.25) is 4.79 Å². The Labute approximate surface area is 151 Å². The number of hydrogen-bond donors (Lipinski definition) is 3. The summed E-state index contributed by atoms with van der Waals surface area (Å²) in [6.07, 6.45) is 9.59. The van der Waals surface area contributed by atoms with Gasteiger partial charge < -0.3 is 16.4 Å². The van der Waals surface area contributed by atoms with Crippen molar-refractivity contribution in [2.45, 2.75) is 58.4 Å². The van der Waals surface area contributed by atoms with Gasteiger partial charge in [-0.1, -0.05) is 44.2 Å². The molecule has 0 atom stereocenters. The SMILES string of the molecule is CCNC(=NCc1ccc(C(N)=O)cc1)NCCCC1CCCCC1. The zero-order chi connectivity index (χ0) is 17.9. The van der Waals surface area contributed by atoms with Gasteiger partial charge in [-0.05, 0) is 43.4 Å². The molecular weight excluding hydrogens is 312 g/mol. The monoisotopic (exact) mass is 344 g/mol. The fourth-order valence-electron chi connectivity index (χ4n) is 3.36. The average molecular weight is 345 g/mol. The van der Waals surface area contributed by atoms with Gasteiger partial charge >= 0.3 is 0 Å². The largest absolute Gasteiger partial charge is 0.366 e. The van der Waals surface area contributed by atoms with Crippen molar-refractivity contribution in [1.82, 2.24) is 10.6 Å². The molecule has 2 rings (SSSR count). The maximum Gasteiger partial charge on any atom is 0.248 e. The van der Waals surface area contributed by atoms with Crippen molar-refractivity contribution in [3.63, 3.8) is 0 Å². The lowest BCUT2D eigenvalue weighted by Crippen LogP contribution is -2.37. The normalized spacial score (nSPS) is 15.8. The quantitative estimate of drug-likeness (QED) is 0.385. The molecule has 0 saturated heterocycles. The molecule has 0 spiro atoms. The van der Waals surface area contributed by atoms with Gasteiger partial charge in [0.05, 0.1) is 6.54 Å². The van der Waals surface area contributed by atoms with Crippen LogP contribution in [-0.2, 0) is 6.54 Å². The smallest absolute Gasteiger partial charge is 0.248 e. The van der Waals surface area contributed by atoms with Crippen molar-refractivity contribution in [3.05, 3.63) is 35.4 Å². The van der Waals surface area contributed by atoms with Gasteiger partial charge in [-0.2, -0.15) is 0 Å². The van der Waals surface area contributed by atoms with Crippen LogP contribution in [-0.4, -0.2) is 25.0 Å². The van der Waals surface area contributed by atoms with Crippen molar-refractivity contribution in [3.8, 4) is 0 Å². The number of hydrogen-bond acceptors (Lipinski definition) is 2. The number of guanidine groups is 1. The van der Waals surface area contributed by atoms with Gasteiger partial charge in [-0.15, -0.1) is 0 Å². The Balaban J connectivity index is 1.75. The molecule has 0 aliphatic heterocycles. The molecule has 1 amide bonds. The van der Waals surface area contributed by atoms with Gasteiger partial charge in [0.15, 0.2) is 5.96 Å². The minimum absolute atomic E-state index is 0.400. The summed E-state index contributed by atoms with van der Waals surface area (Å²) in [5.74, 6) is 1.38. The fraction of sp³-hybridized carbons (Fsp3) is 0.600. The molecule has 1 aromatic rings. The third kappa shape index (κ3) is 7.16. The van der Waals surface area contributed by atoms with Crippen molar-refractivity contribution in [2.24, 2.45) is 16.6 Å². The first-order valence-corrected chi connectivity index (χ1v) is 9.60. The molecule has 0 bridgehead atoms. The minimum Gasteiger partial charge on any atom is -0.366 e. The summed E-state index contributed by atoms with van der Waals surface area (Å²) in [6, 6.07) is 7.29. The highest BCUT2D eigenvalue weighted by atomic mass is 16.1. The summed E-state index contributed by atoms with van der Waals surface area (Å²) in [6.45, 7) is 4.45. The van der Waals surface area contributed by atoms with E-state index in [0.717, 1.165) is 30.5 Å². The van der Waals surface area contributed by atoms with E-state index in [0.29, 0.717) is 12.1 Å². The molecule has 1 aliphatic carbocycles. The predicted octanol–water partition coefficient (Wildman–Crippen LogP) is 3.20. The molecule has 0 aromatic heterocycles. The Morgan fingerprint density at radius 1 is 1.16 bits per heavy atom. The van der Waals surface area contributed by atoms with Crippen LogP contribution in [0.2, 0.25) is 0 Å². The highest BCUT2D eigenvalue weighted by molar-refractivity contribution is 5.92. The molecule has 1 aliphatic rings. The molecule has 5 nitrogen and oxygen atoms in total. The second-order valence-electron chi connectivity index (χ2n) is 6.83. The van der Waals surface area contributed by atoms with Crippen LogP contribution in [0.4, 0.5) is 0 Å². The van der Waals surface area contributed by atoms with E-state index in [9.17, 15) is 4.79 Å². The highest BCUT2D eigenvalue weighted by Crippen LogP contribution is 2.26. The van der Waals surface area contributed by atoms with Gasteiger partial charge in [0.2, 0.25) is 5.91 Å². The molecule has 138 valence electrons. The maximum atomic E-state index is 11.1. The van der Waals surface area contributed by atoms with E-state index in [-0.39, 0.29) is 0 Å². The van der Waals surface area contributed by atoms with E-state index < -0.39 is 5.91 Å². The summed E-state index contributed by atoms with van der Waals surface area (Å²) in [7, 11) is 0. The first-order chi connectivity index (χ1) is 12.2. The predicted molar refractivity (Wildman–Crippen MR) is 104 cm³/mol. The van der Waals surface area contributed by atoms with Crippen LogP contribution < -0.4 is 16.4 Å². The number of carbonyl (C=O) groups is 1. The number of amides is 1. The van der Waals surface area contributed by atoms with Crippen LogP contribution in [0.25, 0.3) is 0 Å². The van der Waals surface area contributed by atoms with E-state index in [1.54, 1.807) is 12.1 Å². The standard InChI is InChI=1S/C20H32N4O/c1-2-22-20(23-14-6-9-16-7-4-3-5-8-16)24-15-17-10-12-18(13-11-17)19(21)25/h10-13,16H,2-9,14-15H2,1H3,(H2,21,25)(H2,22,23,24). The number of nitrogens with zero attached hydrogens (tertiary/aromatic N) is 1. The molecule has 5 heteroatoms. The molecule has 1 fully saturated rings. The number of aliphatic imine (C=N–C) groups is 1. The molecule has 0 unspecified atom stereocenters. The summed E-state index contributed by atoms with van der Waals surface area (Å²) < 4.78 is 0. The molecule has 4 N–H and O–H groups in total. The number of benzene rings is 1. The Morgan fingerprint density at radius 3 is 2.52 bits per heavy atom. The molecule has 1 saturated carbocycles. The van der Waals surface area contributed by atoms with Crippen LogP contribution in [0, 0.1) is 5.92 Å². The number of carbonyl (C=O) groups excluding carboxylic acids is 1. The first-order valence-electron chi connectivity index (χ1n) is 9.60. The lowest BCUT2D eigenvalue weighted by molar-refractivity contribution is 0.100. The van der Waals surface area contributed by atoms with Crippen LogP contribution in [0.15, 0.2) is 29.3 Å². The lowest BCUT2D eigenvalue weighted by Gasteiger charge is -2.21. The second kappa shape index (κ2) is 10.7. The maximum absolute atomic E-state index is 11.1. The number of primary amides is 1. The Hall–Kier alpha value is -2.04. The molecular formula is C20H32N4O. The van der Waals surface area contributed by atoms with Crippen LogP contribution in [0.5, 0.6) is 0 Å². The Bertz CT molecular complexity index is 547. The second-order valence-corrected chi connectivity index (χ2v) is 6.83. The summed E-state index contributed by atoms with van der Waals surface area (Å²) in [5.41, 5.74) is 6.85. The highest BCUT2D eigenvalue weighted by Gasteiger charge is 2.12. The minimum atomic E-state index is -0.400. The number of rotatable bonds is 8. The summed E-state index contributed by atoms with van der Waals surface area (Å²) in [4.78, 5) is 15.7. The van der Waals surface area contributed by atoms with Crippen molar-refractivity contribution in [1.29, 1.82) is 0 Å².